The fourth-order valence-corrected chi connectivity index (χ4v) is 2.35. The molecule has 2 aromatic heterocycles. The Kier molecular flexibility index (Phi) is 3.46. The van der Waals surface area contributed by atoms with Crippen molar-refractivity contribution >= 4 is 17.4 Å². The maximum absolute atomic E-state index is 12.0. The Morgan fingerprint density at radius 1 is 1.38 bits per heavy atom. The van der Waals surface area contributed by atoms with E-state index in [-0.39, 0.29) is 5.91 Å². The first-order valence-electron chi connectivity index (χ1n) is 6.83. The molecule has 112 valence electrons. The average Bonchev–Trinajstić information content (AvgIpc) is 2.87. The minimum Gasteiger partial charge on any atom is -0.365 e. The Balaban J connectivity index is 1.84. The molecular formula is C13H18N6O2. The Labute approximate surface area is 122 Å². The number of ether oxygens (including phenoxy) is 1. The van der Waals surface area contributed by atoms with Crippen LogP contribution in [0.2, 0.25) is 0 Å². The third kappa shape index (κ3) is 2.54. The van der Waals surface area contributed by atoms with Gasteiger partial charge in [-0.2, -0.15) is 4.52 Å². The first-order valence-corrected chi connectivity index (χ1v) is 6.83. The number of hydrogen-bond donors (Lipinski definition) is 0. The highest BCUT2D eigenvalue weighted by Crippen LogP contribution is 2.16. The number of carbonyl (C=O) groups excluding carboxylic acids is 1. The maximum atomic E-state index is 12.0. The zero-order valence-corrected chi connectivity index (χ0v) is 12.4. The van der Waals surface area contributed by atoms with Crippen LogP contribution in [0, 0.1) is 6.92 Å². The summed E-state index contributed by atoms with van der Waals surface area (Å²) in [6.45, 7) is 3.56. The molecule has 0 radical (unpaired) electrons. The number of aryl methyl sites for hydroxylation is 1. The molecule has 0 aliphatic carbocycles. The third-order valence-electron chi connectivity index (χ3n) is 3.51. The van der Waals surface area contributed by atoms with Gasteiger partial charge in [-0.15, -0.1) is 15.3 Å². The van der Waals surface area contributed by atoms with Crippen molar-refractivity contribution in [1.29, 1.82) is 0 Å². The molecule has 3 rings (SSSR count). The van der Waals surface area contributed by atoms with Crippen LogP contribution in [0.1, 0.15) is 5.82 Å². The lowest BCUT2D eigenvalue weighted by Crippen LogP contribution is -2.49. The minimum absolute atomic E-state index is 0.0266. The van der Waals surface area contributed by atoms with Crippen LogP contribution in [0.4, 0.5) is 5.82 Å². The van der Waals surface area contributed by atoms with E-state index in [0.29, 0.717) is 25.3 Å². The zero-order valence-electron chi connectivity index (χ0n) is 12.4. The van der Waals surface area contributed by atoms with Crippen molar-refractivity contribution in [3.05, 3.63) is 18.0 Å². The van der Waals surface area contributed by atoms with Crippen LogP contribution in [0.15, 0.2) is 12.1 Å². The smallest absolute Gasteiger partial charge is 0.253 e. The normalized spacial score (nSPS) is 19.0. The summed E-state index contributed by atoms with van der Waals surface area (Å²) >= 11 is 0. The van der Waals surface area contributed by atoms with Crippen LogP contribution in [0.5, 0.6) is 0 Å². The highest BCUT2D eigenvalue weighted by atomic mass is 16.5. The SMILES string of the molecule is Cc1nnc2ccc(N3CCOC(C(=O)N(C)C)C3)nn12. The van der Waals surface area contributed by atoms with Gasteiger partial charge in [0.25, 0.3) is 5.91 Å². The van der Waals surface area contributed by atoms with E-state index < -0.39 is 6.10 Å². The van der Waals surface area contributed by atoms with E-state index in [1.165, 1.54) is 0 Å². The number of amides is 1. The van der Waals surface area contributed by atoms with E-state index in [9.17, 15) is 4.79 Å². The number of fused-ring (bicyclic) bond motifs is 1. The van der Waals surface area contributed by atoms with Crippen molar-refractivity contribution < 1.29 is 9.53 Å². The number of likely N-dealkylation sites (N-methyl/N-ethyl adjacent to an activating group) is 1. The number of carbonyl (C=O) groups is 1. The van der Waals surface area contributed by atoms with Gasteiger partial charge in [-0.05, 0) is 19.1 Å². The van der Waals surface area contributed by atoms with Crippen LogP contribution < -0.4 is 4.90 Å². The van der Waals surface area contributed by atoms with Gasteiger partial charge in [0, 0.05) is 20.6 Å². The molecular weight excluding hydrogens is 272 g/mol. The van der Waals surface area contributed by atoms with Crippen molar-refractivity contribution in [2.24, 2.45) is 0 Å². The van der Waals surface area contributed by atoms with Crippen LogP contribution in [0.25, 0.3) is 5.65 Å². The van der Waals surface area contributed by atoms with Gasteiger partial charge in [-0.3, -0.25) is 4.79 Å². The molecule has 0 saturated carbocycles. The van der Waals surface area contributed by atoms with E-state index in [4.69, 9.17) is 4.74 Å². The predicted molar refractivity (Wildman–Crippen MR) is 76.2 cm³/mol. The third-order valence-corrected chi connectivity index (χ3v) is 3.51. The lowest BCUT2D eigenvalue weighted by atomic mass is 10.2. The van der Waals surface area contributed by atoms with E-state index in [1.807, 2.05) is 19.1 Å². The lowest BCUT2D eigenvalue weighted by molar-refractivity contribution is -0.141. The molecule has 8 heteroatoms. The molecule has 1 saturated heterocycles. The predicted octanol–water partition coefficient (Wildman–Crippen LogP) is -0.274. The first kappa shape index (κ1) is 13.7. The molecule has 1 aliphatic heterocycles. The van der Waals surface area contributed by atoms with Gasteiger partial charge in [0.2, 0.25) is 0 Å². The van der Waals surface area contributed by atoms with Crippen LogP contribution in [-0.4, -0.2) is 70.5 Å². The number of aromatic nitrogens is 4. The Morgan fingerprint density at radius 2 is 2.19 bits per heavy atom. The number of hydrogen-bond acceptors (Lipinski definition) is 6. The minimum atomic E-state index is -0.451. The van der Waals surface area contributed by atoms with Crippen LogP contribution in [0.3, 0.4) is 0 Å². The topological polar surface area (TPSA) is 75.9 Å². The zero-order chi connectivity index (χ0) is 15.0. The van der Waals surface area contributed by atoms with E-state index >= 15 is 0 Å². The summed E-state index contributed by atoms with van der Waals surface area (Å²) in [5.74, 6) is 1.51. The van der Waals surface area contributed by atoms with Crippen molar-refractivity contribution in [2.75, 3.05) is 38.7 Å². The van der Waals surface area contributed by atoms with Gasteiger partial charge in [0.05, 0.1) is 13.2 Å². The lowest BCUT2D eigenvalue weighted by Gasteiger charge is -2.33. The van der Waals surface area contributed by atoms with Gasteiger partial charge >= 0.3 is 0 Å². The molecule has 1 unspecified atom stereocenters. The summed E-state index contributed by atoms with van der Waals surface area (Å²) in [5, 5.41) is 12.5. The van der Waals surface area contributed by atoms with Gasteiger partial charge in [0.1, 0.15) is 5.82 Å². The second-order valence-corrected chi connectivity index (χ2v) is 5.25. The van der Waals surface area contributed by atoms with Crippen LogP contribution >= 0.6 is 0 Å². The Bertz CT molecular complexity index is 668. The molecule has 1 amide bonds. The largest absolute Gasteiger partial charge is 0.365 e. The highest BCUT2D eigenvalue weighted by Gasteiger charge is 2.28. The van der Waals surface area contributed by atoms with Gasteiger partial charge in [0.15, 0.2) is 17.6 Å². The van der Waals surface area contributed by atoms with Gasteiger partial charge in [-0.1, -0.05) is 0 Å². The van der Waals surface area contributed by atoms with Crippen molar-refractivity contribution in [3.63, 3.8) is 0 Å². The summed E-state index contributed by atoms with van der Waals surface area (Å²) in [6.07, 6.45) is -0.451. The van der Waals surface area contributed by atoms with Crippen LogP contribution in [-0.2, 0) is 9.53 Å². The molecule has 0 aromatic carbocycles. The standard InChI is InChI=1S/C13H18N6O2/c1-9-14-15-11-4-5-12(16-19(9)11)18-6-7-21-10(8-18)13(20)17(2)3/h4-5,10H,6-8H2,1-3H3. The van der Waals surface area contributed by atoms with E-state index in [1.54, 1.807) is 23.5 Å². The van der Waals surface area contributed by atoms with Gasteiger partial charge < -0.3 is 14.5 Å². The maximum Gasteiger partial charge on any atom is 0.253 e. The summed E-state index contributed by atoms with van der Waals surface area (Å²) < 4.78 is 7.26. The highest BCUT2D eigenvalue weighted by molar-refractivity contribution is 5.81. The molecule has 1 fully saturated rings. The molecule has 3 heterocycles. The Hall–Kier alpha value is -2.22. The summed E-state index contributed by atoms with van der Waals surface area (Å²) in [4.78, 5) is 15.6. The average molecular weight is 290 g/mol. The molecule has 0 bridgehead atoms. The fourth-order valence-electron chi connectivity index (χ4n) is 2.35. The molecule has 2 aromatic rings. The Morgan fingerprint density at radius 3 is 2.95 bits per heavy atom. The summed E-state index contributed by atoms with van der Waals surface area (Å²) in [5.41, 5.74) is 0.713. The monoisotopic (exact) mass is 290 g/mol. The van der Waals surface area contributed by atoms with Crippen molar-refractivity contribution in [1.82, 2.24) is 24.7 Å². The second kappa shape index (κ2) is 5.28. The van der Waals surface area contributed by atoms with Crippen molar-refractivity contribution in [3.8, 4) is 0 Å². The number of rotatable bonds is 2. The number of anilines is 1. The molecule has 0 N–H and O–H groups in total. The van der Waals surface area contributed by atoms with Gasteiger partial charge in [-0.25, -0.2) is 0 Å². The first-order chi connectivity index (χ1) is 10.1. The number of morpholine rings is 1. The molecule has 1 atom stereocenters. The molecule has 1 aliphatic rings. The summed E-state index contributed by atoms with van der Waals surface area (Å²) in [6, 6.07) is 3.77. The van der Waals surface area contributed by atoms with E-state index in [2.05, 4.69) is 20.2 Å². The number of nitrogens with zero attached hydrogens (tertiary/aromatic N) is 6. The quantitative estimate of drug-likeness (QED) is 0.757. The van der Waals surface area contributed by atoms with Crippen molar-refractivity contribution in [2.45, 2.75) is 13.0 Å². The molecule has 21 heavy (non-hydrogen) atoms. The second-order valence-electron chi connectivity index (χ2n) is 5.25. The molecule has 0 spiro atoms. The summed E-state index contributed by atoms with van der Waals surface area (Å²) in [7, 11) is 3.46. The molecule has 8 nitrogen and oxygen atoms in total. The fraction of sp³-hybridized carbons (Fsp3) is 0.538. The van der Waals surface area contributed by atoms with E-state index in [0.717, 1.165) is 11.6 Å².